The molecular formula is C13H16N6O2S. The van der Waals surface area contributed by atoms with Crippen molar-refractivity contribution in [1.29, 1.82) is 5.26 Å². The number of nitrogens with zero attached hydrogens (tertiary/aromatic N) is 5. The van der Waals surface area contributed by atoms with E-state index >= 15 is 0 Å². The third kappa shape index (κ3) is 4.02. The molecule has 0 bridgehead atoms. The highest BCUT2D eigenvalue weighted by Crippen LogP contribution is 2.16. The molecule has 22 heavy (non-hydrogen) atoms. The lowest BCUT2D eigenvalue weighted by Gasteiger charge is -2.21. The van der Waals surface area contributed by atoms with Gasteiger partial charge >= 0.3 is 6.09 Å². The third-order valence-corrected chi connectivity index (χ3v) is 3.32. The molecule has 2 aromatic heterocycles. The van der Waals surface area contributed by atoms with Gasteiger partial charge in [-0.1, -0.05) is 11.3 Å². The zero-order chi connectivity index (χ0) is 16.3. The van der Waals surface area contributed by atoms with E-state index in [4.69, 9.17) is 10.00 Å². The van der Waals surface area contributed by atoms with Crippen molar-refractivity contribution in [2.45, 2.75) is 39.3 Å². The molecule has 0 aliphatic carbocycles. The fraction of sp³-hybridized carbons (Fsp3) is 0.462. The third-order valence-electron chi connectivity index (χ3n) is 2.43. The van der Waals surface area contributed by atoms with Crippen LogP contribution in [0.15, 0.2) is 12.5 Å². The van der Waals surface area contributed by atoms with Crippen LogP contribution in [0.5, 0.6) is 0 Å². The Morgan fingerprint density at radius 2 is 2.23 bits per heavy atom. The lowest BCUT2D eigenvalue weighted by atomic mass is 10.2. The number of nitrogens with one attached hydrogen (secondary N) is 1. The zero-order valence-electron chi connectivity index (χ0n) is 12.7. The SMILES string of the molecule is C[C@H](NC(=O)OC(C)(C)C)c1ncn(-c2ncc(C#N)s2)n1. The zero-order valence-corrected chi connectivity index (χ0v) is 13.5. The van der Waals surface area contributed by atoms with Crippen LogP contribution < -0.4 is 5.32 Å². The molecule has 0 radical (unpaired) electrons. The molecule has 9 heteroatoms. The van der Waals surface area contributed by atoms with Crippen molar-refractivity contribution in [3.63, 3.8) is 0 Å². The first-order valence-corrected chi connectivity index (χ1v) is 7.37. The predicted molar refractivity (Wildman–Crippen MR) is 79.5 cm³/mol. The quantitative estimate of drug-likeness (QED) is 0.929. The largest absolute Gasteiger partial charge is 0.444 e. The second kappa shape index (κ2) is 6.11. The van der Waals surface area contributed by atoms with Gasteiger partial charge < -0.3 is 10.1 Å². The van der Waals surface area contributed by atoms with Gasteiger partial charge in [0.2, 0.25) is 5.13 Å². The molecule has 0 aliphatic heterocycles. The van der Waals surface area contributed by atoms with Gasteiger partial charge in [-0.05, 0) is 27.7 Å². The molecule has 8 nitrogen and oxygen atoms in total. The number of hydrogen-bond donors (Lipinski definition) is 1. The van der Waals surface area contributed by atoms with Gasteiger partial charge in [-0.15, -0.1) is 5.10 Å². The number of carbonyl (C=O) groups excluding carboxylic acids is 1. The van der Waals surface area contributed by atoms with Crippen LogP contribution in [-0.4, -0.2) is 31.4 Å². The summed E-state index contributed by atoms with van der Waals surface area (Å²) < 4.78 is 6.65. The number of rotatable bonds is 3. The molecule has 116 valence electrons. The maximum Gasteiger partial charge on any atom is 0.408 e. The van der Waals surface area contributed by atoms with Gasteiger partial charge in [-0.2, -0.15) is 9.94 Å². The van der Waals surface area contributed by atoms with Crippen LogP contribution in [-0.2, 0) is 4.74 Å². The Morgan fingerprint density at radius 3 is 2.82 bits per heavy atom. The van der Waals surface area contributed by atoms with Crippen LogP contribution in [0.3, 0.4) is 0 Å². The molecule has 0 aliphatic rings. The number of carbonyl (C=O) groups is 1. The van der Waals surface area contributed by atoms with Crippen LogP contribution in [0.2, 0.25) is 0 Å². The monoisotopic (exact) mass is 320 g/mol. The van der Waals surface area contributed by atoms with E-state index in [1.54, 1.807) is 27.7 Å². The summed E-state index contributed by atoms with van der Waals surface area (Å²) in [6.45, 7) is 7.13. The van der Waals surface area contributed by atoms with Crippen molar-refractivity contribution in [3.05, 3.63) is 23.2 Å². The smallest absolute Gasteiger partial charge is 0.408 e. The van der Waals surface area contributed by atoms with Crippen LogP contribution in [0.1, 0.15) is 44.4 Å². The molecule has 0 fully saturated rings. The molecule has 2 rings (SSSR count). The topological polar surface area (TPSA) is 106 Å². The minimum atomic E-state index is -0.564. The first kappa shape index (κ1) is 15.9. The van der Waals surface area contributed by atoms with E-state index in [-0.39, 0.29) is 0 Å². The molecule has 0 unspecified atom stereocenters. The Hall–Kier alpha value is -2.47. The standard InChI is InChI=1S/C13H16N6O2S/c1-8(17-12(20)21-13(2,3)4)10-16-7-19(18-10)11-15-6-9(5-14)22-11/h6-8H,1-4H3,(H,17,20)/t8-/m0/s1. The maximum atomic E-state index is 11.7. The molecule has 0 saturated heterocycles. The van der Waals surface area contributed by atoms with Crippen LogP contribution in [0, 0.1) is 11.3 Å². The minimum absolute atomic E-state index is 0.411. The summed E-state index contributed by atoms with van der Waals surface area (Å²) in [6, 6.07) is 1.60. The fourth-order valence-electron chi connectivity index (χ4n) is 1.54. The van der Waals surface area contributed by atoms with Crippen molar-refractivity contribution in [2.24, 2.45) is 0 Å². The van der Waals surface area contributed by atoms with Gasteiger partial charge in [0, 0.05) is 0 Å². The highest BCUT2D eigenvalue weighted by atomic mass is 32.1. The number of nitriles is 1. The summed E-state index contributed by atoms with van der Waals surface area (Å²) in [6.07, 6.45) is 2.43. The first-order valence-electron chi connectivity index (χ1n) is 6.56. The predicted octanol–water partition coefficient (Wildman–Crippen LogP) is 2.18. The van der Waals surface area contributed by atoms with Gasteiger partial charge in [-0.3, -0.25) is 0 Å². The Morgan fingerprint density at radius 1 is 1.50 bits per heavy atom. The average Bonchev–Trinajstić information content (AvgIpc) is 3.05. The van der Waals surface area contributed by atoms with E-state index in [1.807, 2.05) is 6.07 Å². The van der Waals surface area contributed by atoms with Crippen molar-refractivity contribution in [3.8, 4) is 11.2 Å². The first-order chi connectivity index (χ1) is 10.3. The fourth-order valence-corrected chi connectivity index (χ4v) is 2.17. The average molecular weight is 320 g/mol. The van der Waals surface area contributed by atoms with Crippen molar-refractivity contribution in [1.82, 2.24) is 25.1 Å². The Balaban J connectivity index is 2.04. The van der Waals surface area contributed by atoms with Gasteiger partial charge in [0.1, 0.15) is 22.9 Å². The van der Waals surface area contributed by atoms with E-state index < -0.39 is 17.7 Å². The normalized spacial score (nSPS) is 12.5. The van der Waals surface area contributed by atoms with E-state index in [0.29, 0.717) is 15.8 Å². The van der Waals surface area contributed by atoms with Crippen molar-refractivity contribution in [2.75, 3.05) is 0 Å². The number of hydrogen-bond acceptors (Lipinski definition) is 7. The Bertz CT molecular complexity index is 709. The van der Waals surface area contributed by atoms with Crippen molar-refractivity contribution >= 4 is 17.4 Å². The van der Waals surface area contributed by atoms with Gasteiger partial charge in [-0.25, -0.2) is 14.8 Å². The Labute approximate surface area is 131 Å². The van der Waals surface area contributed by atoms with Gasteiger partial charge in [0.05, 0.1) is 12.2 Å². The molecule has 0 spiro atoms. The summed E-state index contributed by atoms with van der Waals surface area (Å²) in [4.78, 5) is 20.4. The highest BCUT2D eigenvalue weighted by molar-refractivity contribution is 7.14. The number of ether oxygens (including phenoxy) is 1. The van der Waals surface area contributed by atoms with E-state index in [0.717, 1.165) is 0 Å². The van der Waals surface area contributed by atoms with Gasteiger partial charge in [0.15, 0.2) is 5.82 Å². The number of thiazole rings is 1. The van der Waals surface area contributed by atoms with Crippen LogP contribution >= 0.6 is 11.3 Å². The molecule has 1 amide bonds. The van der Waals surface area contributed by atoms with Crippen LogP contribution in [0.4, 0.5) is 4.79 Å². The summed E-state index contributed by atoms with van der Waals surface area (Å²) in [5.41, 5.74) is -0.564. The summed E-state index contributed by atoms with van der Waals surface area (Å²) in [5.74, 6) is 0.430. The number of alkyl carbamates (subject to hydrolysis) is 1. The molecule has 2 heterocycles. The lowest BCUT2D eigenvalue weighted by Crippen LogP contribution is -2.34. The van der Waals surface area contributed by atoms with Crippen LogP contribution in [0.25, 0.3) is 5.13 Å². The lowest BCUT2D eigenvalue weighted by molar-refractivity contribution is 0.0506. The molecule has 2 aromatic rings. The number of amides is 1. The second-order valence-corrected chi connectivity index (χ2v) is 6.54. The minimum Gasteiger partial charge on any atom is -0.444 e. The molecule has 1 N–H and O–H groups in total. The van der Waals surface area contributed by atoms with E-state index in [2.05, 4.69) is 20.4 Å². The summed E-state index contributed by atoms with van der Waals surface area (Å²) in [7, 11) is 0. The summed E-state index contributed by atoms with van der Waals surface area (Å²) in [5, 5.41) is 16.3. The molecule has 0 saturated carbocycles. The van der Waals surface area contributed by atoms with E-state index in [9.17, 15) is 4.79 Å². The molecule has 0 aromatic carbocycles. The van der Waals surface area contributed by atoms with E-state index in [1.165, 1.54) is 28.5 Å². The van der Waals surface area contributed by atoms with Gasteiger partial charge in [0.25, 0.3) is 0 Å². The number of aromatic nitrogens is 4. The maximum absolute atomic E-state index is 11.7. The molecular weight excluding hydrogens is 304 g/mol. The second-order valence-electron chi connectivity index (χ2n) is 5.53. The highest BCUT2D eigenvalue weighted by Gasteiger charge is 2.20. The summed E-state index contributed by atoms with van der Waals surface area (Å²) >= 11 is 1.21. The molecule has 1 atom stereocenters. The van der Waals surface area contributed by atoms with Crippen molar-refractivity contribution < 1.29 is 9.53 Å². The Kier molecular flexibility index (Phi) is 4.42.